The Morgan fingerprint density at radius 2 is 2.16 bits per heavy atom. The minimum atomic E-state index is -0.755. The number of hydrogen-bond acceptors (Lipinski definition) is 3. The van der Waals surface area contributed by atoms with Crippen molar-refractivity contribution in [3.05, 3.63) is 30.1 Å². The van der Waals surface area contributed by atoms with Crippen molar-refractivity contribution in [2.45, 2.75) is 25.7 Å². The van der Waals surface area contributed by atoms with Gasteiger partial charge in [-0.2, -0.15) is 0 Å². The second-order valence-corrected chi connectivity index (χ2v) is 4.90. The average Bonchev–Trinajstić information content (AvgIpc) is 2.64. The maximum atomic E-state index is 12.2. The molecular weight excluding hydrogens is 244 g/mol. The Morgan fingerprint density at radius 3 is 2.84 bits per heavy atom. The zero-order chi connectivity index (χ0) is 13.7. The van der Waals surface area contributed by atoms with Crippen molar-refractivity contribution in [2.75, 3.05) is 13.1 Å². The summed E-state index contributed by atoms with van der Waals surface area (Å²) in [5, 5.41) is 8.82. The molecule has 1 atom stereocenters. The Bertz CT molecular complexity index is 447. The molecule has 1 unspecified atom stereocenters. The molecule has 19 heavy (non-hydrogen) atoms. The fraction of sp³-hybridized carbons (Fsp3) is 0.500. The fourth-order valence-corrected chi connectivity index (χ4v) is 2.47. The van der Waals surface area contributed by atoms with Crippen LogP contribution in [-0.4, -0.2) is 40.0 Å². The SMILES string of the molecule is O=C(O)CC1CCCN(C(=O)c2ccccn2)CC1. The van der Waals surface area contributed by atoms with E-state index in [1.807, 2.05) is 0 Å². The number of carbonyl (C=O) groups excluding carboxylic acids is 1. The Hall–Kier alpha value is -1.91. The maximum Gasteiger partial charge on any atom is 0.303 e. The molecule has 0 aliphatic carbocycles. The van der Waals surface area contributed by atoms with Gasteiger partial charge in [0.2, 0.25) is 0 Å². The number of amides is 1. The lowest BCUT2D eigenvalue weighted by molar-refractivity contribution is -0.138. The first-order valence-corrected chi connectivity index (χ1v) is 6.59. The van der Waals surface area contributed by atoms with Crippen LogP contribution in [0.25, 0.3) is 0 Å². The lowest BCUT2D eigenvalue weighted by Gasteiger charge is -2.20. The molecule has 0 radical (unpaired) electrons. The number of carboxylic acid groups (broad SMARTS) is 1. The van der Waals surface area contributed by atoms with Crippen LogP contribution in [0.3, 0.4) is 0 Å². The standard InChI is InChI=1S/C14H18N2O3/c17-13(18)10-11-4-3-8-16(9-6-11)14(19)12-5-1-2-7-15-12/h1-2,5,7,11H,3-4,6,8-10H2,(H,17,18). The van der Waals surface area contributed by atoms with Gasteiger partial charge in [0.15, 0.2) is 0 Å². The van der Waals surface area contributed by atoms with Gasteiger partial charge < -0.3 is 10.0 Å². The number of hydrogen-bond donors (Lipinski definition) is 1. The summed E-state index contributed by atoms with van der Waals surface area (Å²) >= 11 is 0. The third kappa shape index (κ3) is 3.77. The lowest BCUT2D eigenvalue weighted by atomic mass is 9.97. The van der Waals surface area contributed by atoms with Gasteiger partial charge in [-0.1, -0.05) is 6.07 Å². The van der Waals surface area contributed by atoms with E-state index in [-0.39, 0.29) is 18.2 Å². The third-order valence-electron chi connectivity index (χ3n) is 3.48. The van der Waals surface area contributed by atoms with Gasteiger partial charge in [0.05, 0.1) is 0 Å². The molecular formula is C14H18N2O3. The Labute approximate surface area is 112 Å². The summed E-state index contributed by atoms with van der Waals surface area (Å²) in [6.07, 6.45) is 4.30. The number of likely N-dealkylation sites (tertiary alicyclic amines) is 1. The number of carbonyl (C=O) groups is 2. The van der Waals surface area contributed by atoms with Crippen LogP contribution in [0.5, 0.6) is 0 Å². The zero-order valence-corrected chi connectivity index (χ0v) is 10.8. The number of rotatable bonds is 3. The summed E-state index contributed by atoms with van der Waals surface area (Å²) in [6, 6.07) is 5.29. The summed E-state index contributed by atoms with van der Waals surface area (Å²) in [4.78, 5) is 28.8. The molecule has 2 rings (SSSR count). The Balaban J connectivity index is 1.96. The minimum Gasteiger partial charge on any atom is -0.481 e. The highest BCUT2D eigenvalue weighted by atomic mass is 16.4. The highest BCUT2D eigenvalue weighted by Gasteiger charge is 2.23. The van der Waals surface area contributed by atoms with E-state index < -0.39 is 5.97 Å². The van der Waals surface area contributed by atoms with Crippen LogP contribution in [0.1, 0.15) is 36.2 Å². The van der Waals surface area contributed by atoms with Crippen molar-refractivity contribution in [3.8, 4) is 0 Å². The molecule has 1 aliphatic heterocycles. The topological polar surface area (TPSA) is 70.5 Å². The predicted molar refractivity (Wildman–Crippen MR) is 69.7 cm³/mol. The van der Waals surface area contributed by atoms with Crippen LogP contribution in [-0.2, 0) is 4.79 Å². The molecule has 0 bridgehead atoms. The van der Waals surface area contributed by atoms with Crippen molar-refractivity contribution in [1.82, 2.24) is 9.88 Å². The number of pyridine rings is 1. The first-order chi connectivity index (χ1) is 9.16. The molecule has 5 heteroatoms. The summed E-state index contributed by atoms with van der Waals surface area (Å²) in [5.74, 6) is -0.634. The fourth-order valence-electron chi connectivity index (χ4n) is 2.47. The molecule has 5 nitrogen and oxygen atoms in total. The van der Waals surface area contributed by atoms with E-state index in [0.29, 0.717) is 18.8 Å². The van der Waals surface area contributed by atoms with E-state index in [1.54, 1.807) is 29.3 Å². The molecule has 1 fully saturated rings. The van der Waals surface area contributed by atoms with Gasteiger partial charge in [0.1, 0.15) is 5.69 Å². The molecule has 1 aromatic rings. The predicted octanol–water partition coefficient (Wildman–Crippen LogP) is 1.80. The van der Waals surface area contributed by atoms with Crippen molar-refractivity contribution in [2.24, 2.45) is 5.92 Å². The highest BCUT2D eigenvalue weighted by molar-refractivity contribution is 5.92. The van der Waals surface area contributed by atoms with Gasteiger partial charge in [-0.25, -0.2) is 0 Å². The molecule has 0 spiro atoms. The monoisotopic (exact) mass is 262 g/mol. The summed E-state index contributed by atoms with van der Waals surface area (Å²) < 4.78 is 0. The number of aliphatic carboxylic acids is 1. The zero-order valence-electron chi connectivity index (χ0n) is 10.8. The number of aromatic nitrogens is 1. The molecule has 1 amide bonds. The Kier molecular flexibility index (Phi) is 4.49. The molecule has 1 N–H and O–H groups in total. The number of carboxylic acids is 1. The largest absolute Gasteiger partial charge is 0.481 e. The van der Waals surface area contributed by atoms with Gasteiger partial charge in [-0.05, 0) is 37.3 Å². The second kappa shape index (κ2) is 6.31. The summed E-state index contributed by atoms with van der Waals surface area (Å²) in [7, 11) is 0. The summed E-state index contributed by atoms with van der Waals surface area (Å²) in [6.45, 7) is 1.30. The van der Waals surface area contributed by atoms with Crippen LogP contribution >= 0.6 is 0 Å². The van der Waals surface area contributed by atoms with Gasteiger partial charge in [0.25, 0.3) is 5.91 Å². The van der Waals surface area contributed by atoms with E-state index >= 15 is 0 Å². The molecule has 102 valence electrons. The van der Waals surface area contributed by atoms with Crippen molar-refractivity contribution in [1.29, 1.82) is 0 Å². The van der Waals surface area contributed by atoms with Crippen LogP contribution in [0, 0.1) is 5.92 Å². The molecule has 2 heterocycles. The minimum absolute atomic E-state index is 0.0587. The third-order valence-corrected chi connectivity index (χ3v) is 3.48. The van der Waals surface area contributed by atoms with Crippen LogP contribution < -0.4 is 0 Å². The molecule has 0 aromatic carbocycles. The van der Waals surface area contributed by atoms with Crippen LogP contribution in [0.15, 0.2) is 24.4 Å². The van der Waals surface area contributed by atoms with Crippen molar-refractivity contribution in [3.63, 3.8) is 0 Å². The van der Waals surface area contributed by atoms with Gasteiger partial charge in [-0.3, -0.25) is 14.6 Å². The first kappa shape index (κ1) is 13.5. The smallest absolute Gasteiger partial charge is 0.303 e. The lowest BCUT2D eigenvalue weighted by Crippen LogP contribution is -2.32. The average molecular weight is 262 g/mol. The van der Waals surface area contributed by atoms with E-state index in [0.717, 1.165) is 19.3 Å². The van der Waals surface area contributed by atoms with Crippen molar-refractivity contribution >= 4 is 11.9 Å². The van der Waals surface area contributed by atoms with Gasteiger partial charge >= 0.3 is 5.97 Å². The van der Waals surface area contributed by atoms with Crippen LogP contribution in [0.4, 0.5) is 0 Å². The van der Waals surface area contributed by atoms with Crippen molar-refractivity contribution < 1.29 is 14.7 Å². The van der Waals surface area contributed by atoms with E-state index in [9.17, 15) is 9.59 Å². The van der Waals surface area contributed by atoms with E-state index in [1.165, 1.54) is 0 Å². The molecule has 1 aliphatic rings. The Morgan fingerprint density at radius 1 is 1.32 bits per heavy atom. The number of nitrogens with zero attached hydrogens (tertiary/aromatic N) is 2. The first-order valence-electron chi connectivity index (χ1n) is 6.59. The molecule has 1 saturated heterocycles. The van der Waals surface area contributed by atoms with E-state index in [2.05, 4.69) is 4.98 Å². The summed E-state index contributed by atoms with van der Waals surface area (Å²) in [5.41, 5.74) is 0.458. The quantitative estimate of drug-likeness (QED) is 0.901. The molecule has 0 saturated carbocycles. The van der Waals surface area contributed by atoms with E-state index in [4.69, 9.17) is 5.11 Å². The second-order valence-electron chi connectivity index (χ2n) is 4.90. The van der Waals surface area contributed by atoms with Gasteiger partial charge in [-0.15, -0.1) is 0 Å². The van der Waals surface area contributed by atoms with Gasteiger partial charge in [0, 0.05) is 25.7 Å². The highest BCUT2D eigenvalue weighted by Crippen LogP contribution is 2.21. The molecule has 1 aromatic heterocycles. The van der Waals surface area contributed by atoms with Crippen LogP contribution in [0.2, 0.25) is 0 Å². The normalized spacial score (nSPS) is 19.8. The maximum absolute atomic E-state index is 12.2.